The van der Waals surface area contributed by atoms with E-state index < -0.39 is 0 Å². The highest BCUT2D eigenvalue weighted by molar-refractivity contribution is 14.0. The van der Waals surface area contributed by atoms with E-state index >= 15 is 0 Å². The number of hydrogen-bond acceptors (Lipinski definition) is 3. The number of aliphatic imine (C=N–C) groups is 1. The second-order valence-corrected chi connectivity index (χ2v) is 9.30. The molecule has 0 aliphatic carbocycles. The molecule has 2 unspecified atom stereocenters. The van der Waals surface area contributed by atoms with Crippen LogP contribution in [0.25, 0.3) is 0 Å². The van der Waals surface area contributed by atoms with Crippen LogP contribution in [-0.4, -0.2) is 57.2 Å². The Kier molecular flexibility index (Phi) is 10.3. The van der Waals surface area contributed by atoms with Crippen LogP contribution in [0.15, 0.2) is 59.6 Å². The maximum Gasteiger partial charge on any atom is 0.191 e. The molecular formula is C27H40IN5. The molecule has 0 amide bonds. The highest BCUT2D eigenvalue weighted by Crippen LogP contribution is 2.24. The summed E-state index contributed by atoms with van der Waals surface area (Å²) < 4.78 is 0. The molecule has 2 aromatic carbocycles. The number of nitrogens with zero attached hydrogens (tertiary/aromatic N) is 3. The van der Waals surface area contributed by atoms with Gasteiger partial charge in [0.2, 0.25) is 0 Å². The second kappa shape index (κ2) is 13.2. The predicted octanol–water partition coefficient (Wildman–Crippen LogP) is 4.70. The molecule has 0 bridgehead atoms. The largest absolute Gasteiger partial charge is 0.372 e. The van der Waals surface area contributed by atoms with Crippen molar-refractivity contribution in [3.8, 4) is 0 Å². The fraction of sp³-hybridized carbons (Fsp3) is 0.519. The van der Waals surface area contributed by atoms with Gasteiger partial charge in [-0.2, -0.15) is 0 Å². The molecule has 2 saturated heterocycles. The maximum absolute atomic E-state index is 4.48. The van der Waals surface area contributed by atoms with Crippen molar-refractivity contribution in [1.82, 2.24) is 15.5 Å². The maximum atomic E-state index is 4.48. The van der Waals surface area contributed by atoms with E-state index in [9.17, 15) is 0 Å². The summed E-state index contributed by atoms with van der Waals surface area (Å²) in [6.07, 6.45) is 5.00. The van der Waals surface area contributed by atoms with Crippen molar-refractivity contribution in [2.75, 3.05) is 51.2 Å². The first-order chi connectivity index (χ1) is 15.7. The number of hydrogen-bond donors (Lipinski definition) is 2. The lowest BCUT2D eigenvalue weighted by atomic mass is 10.1. The normalized spacial score (nSPS) is 19.9. The first kappa shape index (κ1) is 25.8. The molecule has 33 heavy (non-hydrogen) atoms. The molecule has 0 saturated carbocycles. The first-order valence-electron chi connectivity index (χ1n) is 12.3. The molecule has 0 aromatic heterocycles. The monoisotopic (exact) mass is 561 g/mol. The Labute approximate surface area is 217 Å². The average Bonchev–Trinajstić information content (AvgIpc) is 3.53. The fourth-order valence-corrected chi connectivity index (χ4v) is 4.90. The van der Waals surface area contributed by atoms with Gasteiger partial charge in [0, 0.05) is 45.5 Å². The van der Waals surface area contributed by atoms with Gasteiger partial charge < -0.3 is 20.4 Å². The summed E-state index contributed by atoms with van der Waals surface area (Å²) >= 11 is 0. The van der Waals surface area contributed by atoms with E-state index in [4.69, 9.17) is 0 Å². The van der Waals surface area contributed by atoms with Gasteiger partial charge in [-0.3, -0.25) is 4.99 Å². The summed E-state index contributed by atoms with van der Waals surface area (Å²) in [6, 6.07) is 20.0. The third-order valence-electron chi connectivity index (χ3n) is 6.91. The zero-order valence-corrected chi connectivity index (χ0v) is 22.5. The highest BCUT2D eigenvalue weighted by Gasteiger charge is 2.22. The fourth-order valence-electron chi connectivity index (χ4n) is 4.90. The summed E-state index contributed by atoms with van der Waals surface area (Å²) in [4.78, 5) is 9.57. The van der Waals surface area contributed by atoms with Gasteiger partial charge in [-0.15, -0.1) is 24.0 Å². The van der Waals surface area contributed by atoms with Crippen molar-refractivity contribution in [3.63, 3.8) is 0 Å². The molecule has 5 nitrogen and oxygen atoms in total. The number of rotatable bonds is 8. The SMILES string of the molecule is CN=C(NCC1CCN(CCc2ccccc2)C1)NC(C)c1cccc(N2CCCC2)c1.I. The van der Waals surface area contributed by atoms with Gasteiger partial charge in [0.1, 0.15) is 0 Å². The molecule has 4 rings (SSSR count). The van der Waals surface area contributed by atoms with Gasteiger partial charge in [-0.1, -0.05) is 42.5 Å². The molecule has 2 aromatic rings. The minimum Gasteiger partial charge on any atom is -0.372 e. The van der Waals surface area contributed by atoms with Crippen molar-refractivity contribution >= 4 is 35.6 Å². The van der Waals surface area contributed by atoms with E-state index in [1.54, 1.807) is 0 Å². The number of halogens is 1. The van der Waals surface area contributed by atoms with Crippen LogP contribution in [0, 0.1) is 5.92 Å². The Morgan fingerprint density at radius 3 is 2.61 bits per heavy atom. The molecule has 180 valence electrons. The summed E-state index contributed by atoms with van der Waals surface area (Å²) in [5.41, 5.74) is 4.09. The smallest absolute Gasteiger partial charge is 0.191 e. The molecule has 6 heteroatoms. The molecule has 2 fully saturated rings. The van der Waals surface area contributed by atoms with Gasteiger partial charge in [0.15, 0.2) is 5.96 Å². The molecule has 0 radical (unpaired) electrons. The molecular weight excluding hydrogens is 521 g/mol. The van der Waals surface area contributed by atoms with E-state index in [0.29, 0.717) is 5.92 Å². The van der Waals surface area contributed by atoms with Gasteiger partial charge in [-0.25, -0.2) is 0 Å². The third kappa shape index (κ3) is 7.60. The van der Waals surface area contributed by atoms with E-state index in [0.717, 1.165) is 25.5 Å². The van der Waals surface area contributed by atoms with E-state index in [2.05, 4.69) is 86.9 Å². The van der Waals surface area contributed by atoms with Crippen LogP contribution in [0.3, 0.4) is 0 Å². The molecule has 2 aliphatic heterocycles. The summed E-state index contributed by atoms with van der Waals surface area (Å²) in [6.45, 7) is 9.07. The van der Waals surface area contributed by atoms with Crippen LogP contribution >= 0.6 is 24.0 Å². The van der Waals surface area contributed by atoms with E-state index in [-0.39, 0.29) is 30.0 Å². The van der Waals surface area contributed by atoms with Crippen molar-refractivity contribution < 1.29 is 0 Å². The lowest BCUT2D eigenvalue weighted by Gasteiger charge is -2.23. The number of anilines is 1. The number of benzene rings is 2. The van der Waals surface area contributed by atoms with Crippen LogP contribution < -0.4 is 15.5 Å². The zero-order chi connectivity index (χ0) is 22.2. The predicted molar refractivity (Wildman–Crippen MR) is 151 cm³/mol. The van der Waals surface area contributed by atoms with Gasteiger partial charge >= 0.3 is 0 Å². The first-order valence-corrected chi connectivity index (χ1v) is 12.3. The lowest BCUT2D eigenvalue weighted by molar-refractivity contribution is 0.328. The number of nitrogens with one attached hydrogen (secondary N) is 2. The standard InChI is InChI=1S/C27H39N5.HI/c1-22(25-11-8-12-26(19-25)32-15-6-7-16-32)30-27(28-2)29-20-24-14-18-31(21-24)17-13-23-9-4-3-5-10-23;/h3-5,8-12,19,22,24H,6-7,13-18,20-21H2,1-2H3,(H2,28,29,30);1H. The lowest BCUT2D eigenvalue weighted by Crippen LogP contribution is -2.41. The summed E-state index contributed by atoms with van der Waals surface area (Å²) in [5, 5.41) is 7.17. The molecule has 2 N–H and O–H groups in total. The Morgan fingerprint density at radius 1 is 1.06 bits per heavy atom. The summed E-state index contributed by atoms with van der Waals surface area (Å²) in [5.74, 6) is 1.57. The Hall–Kier alpha value is -1.80. The Balaban J connectivity index is 0.00000306. The number of likely N-dealkylation sites (tertiary alicyclic amines) is 1. The Morgan fingerprint density at radius 2 is 1.85 bits per heavy atom. The quantitative estimate of drug-likeness (QED) is 0.279. The second-order valence-electron chi connectivity index (χ2n) is 9.30. The molecule has 2 atom stereocenters. The molecule has 2 aliphatic rings. The Bertz CT molecular complexity index is 866. The minimum atomic E-state index is 0. The van der Waals surface area contributed by atoms with Gasteiger partial charge in [0.05, 0.1) is 6.04 Å². The van der Waals surface area contributed by atoms with Crippen LogP contribution in [0.5, 0.6) is 0 Å². The zero-order valence-electron chi connectivity index (χ0n) is 20.2. The van der Waals surface area contributed by atoms with Crippen molar-refractivity contribution in [2.24, 2.45) is 10.9 Å². The summed E-state index contributed by atoms with van der Waals surface area (Å²) in [7, 11) is 1.86. The van der Waals surface area contributed by atoms with Gasteiger partial charge in [-0.05, 0) is 68.3 Å². The topological polar surface area (TPSA) is 42.9 Å². The van der Waals surface area contributed by atoms with Crippen molar-refractivity contribution in [2.45, 2.75) is 38.6 Å². The third-order valence-corrected chi connectivity index (χ3v) is 6.91. The van der Waals surface area contributed by atoms with Gasteiger partial charge in [0.25, 0.3) is 0 Å². The van der Waals surface area contributed by atoms with Crippen molar-refractivity contribution in [3.05, 3.63) is 65.7 Å². The van der Waals surface area contributed by atoms with E-state index in [1.807, 2.05) is 7.05 Å². The highest BCUT2D eigenvalue weighted by atomic mass is 127. The number of guanidine groups is 1. The molecule has 0 spiro atoms. The van der Waals surface area contributed by atoms with Crippen LogP contribution in [0.1, 0.15) is 43.4 Å². The van der Waals surface area contributed by atoms with E-state index in [1.165, 1.54) is 62.3 Å². The molecule has 2 heterocycles. The van der Waals surface area contributed by atoms with Crippen molar-refractivity contribution in [1.29, 1.82) is 0 Å². The van der Waals surface area contributed by atoms with Crippen LogP contribution in [0.2, 0.25) is 0 Å². The van der Waals surface area contributed by atoms with Crippen LogP contribution in [0.4, 0.5) is 5.69 Å². The minimum absolute atomic E-state index is 0. The average molecular weight is 562 g/mol. The van der Waals surface area contributed by atoms with Crippen LogP contribution in [-0.2, 0) is 6.42 Å².